The molecule has 2 aromatic heterocycles. The zero-order chi connectivity index (χ0) is 11.0. The lowest BCUT2D eigenvalue weighted by molar-refractivity contribution is -0.384. The number of nitrogens with zero attached hydrogens (tertiary/aromatic N) is 4. The first-order valence-corrected chi connectivity index (χ1v) is 4.88. The summed E-state index contributed by atoms with van der Waals surface area (Å²) in [5.41, 5.74) is 5.74. The van der Waals surface area contributed by atoms with Gasteiger partial charge in [-0.15, -0.1) is 11.3 Å². The van der Waals surface area contributed by atoms with E-state index < -0.39 is 4.92 Å². The summed E-state index contributed by atoms with van der Waals surface area (Å²) >= 11 is 1.31. The number of thiazole rings is 1. The molecule has 0 aromatic carbocycles. The fraction of sp³-hybridized carbons (Fsp3) is 0.143. The van der Waals surface area contributed by atoms with E-state index in [1.54, 1.807) is 18.5 Å². The molecule has 0 aliphatic carbocycles. The van der Waals surface area contributed by atoms with Gasteiger partial charge in [-0.1, -0.05) is 0 Å². The Morgan fingerprint density at radius 2 is 2.40 bits per heavy atom. The van der Waals surface area contributed by atoms with Gasteiger partial charge < -0.3 is 5.73 Å². The quantitative estimate of drug-likeness (QED) is 0.609. The van der Waals surface area contributed by atoms with E-state index in [1.807, 2.05) is 0 Å². The van der Waals surface area contributed by atoms with Crippen LogP contribution in [0, 0.1) is 17.0 Å². The molecule has 0 fully saturated rings. The van der Waals surface area contributed by atoms with Crippen molar-refractivity contribution in [1.82, 2.24) is 14.8 Å². The van der Waals surface area contributed by atoms with E-state index in [4.69, 9.17) is 5.73 Å². The molecule has 0 aliphatic heterocycles. The van der Waals surface area contributed by atoms with Crippen LogP contribution in [0.15, 0.2) is 11.6 Å². The maximum absolute atomic E-state index is 10.7. The molecule has 0 atom stereocenters. The van der Waals surface area contributed by atoms with Crippen LogP contribution in [0.3, 0.4) is 0 Å². The molecule has 8 heteroatoms. The molecular formula is C7H7N5O2S. The van der Waals surface area contributed by atoms with Crippen LogP contribution in [-0.2, 0) is 0 Å². The number of hydrogen-bond acceptors (Lipinski definition) is 6. The predicted molar refractivity (Wildman–Crippen MR) is 55.0 cm³/mol. The van der Waals surface area contributed by atoms with Crippen LogP contribution >= 0.6 is 11.3 Å². The lowest BCUT2D eigenvalue weighted by Crippen LogP contribution is -2.02. The van der Waals surface area contributed by atoms with Crippen LogP contribution in [0.5, 0.6) is 0 Å². The van der Waals surface area contributed by atoms with E-state index in [0.717, 1.165) is 0 Å². The average Bonchev–Trinajstić information content (AvgIpc) is 2.72. The molecule has 15 heavy (non-hydrogen) atoms. The van der Waals surface area contributed by atoms with Crippen LogP contribution in [0.25, 0.3) is 5.13 Å². The summed E-state index contributed by atoms with van der Waals surface area (Å²) in [7, 11) is 0. The van der Waals surface area contributed by atoms with E-state index >= 15 is 0 Å². The van der Waals surface area contributed by atoms with Crippen molar-refractivity contribution >= 4 is 22.8 Å². The average molecular weight is 225 g/mol. The number of rotatable bonds is 2. The third kappa shape index (κ3) is 1.44. The van der Waals surface area contributed by atoms with Gasteiger partial charge in [-0.3, -0.25) is 10.1 Å². The number of anilines is 1. The minimum absolute atomic E-state index is 0.00690. The highest BCUT2D eigenvalue weighted by atomic mass is 32.1. The lowest BCUT2D eigenvalue weighted by atomic mass is 10.4. The Morgan fingerprint density at radius 1 is 1.67 bits per heavy atom. The van der Waals surface area contributed by atoms with Gasteiger partial charge in [-0.25, -0.2) is 4.98 Å². The van der Waals surface area contributed by atoms with Crippen molar-refractivity contribution in [3.63, 3.8) is 0 Å². The molecule has 7 nitrogen and oxygen atoms in total. The van der Waals surface area contributed by atoms with E-state index in [1.165, 1.54) is 16.0 Å². The Balaban J connectivity index is 2.61. The van der Waals surface area contributed by atoms with Gasteiger partial charge in [0, 0.05) is 11.6 Å². The monoisotopic (exact) mass is 225 g/mol. The second kappa shape index (κ2) is 3.31. The Labute approximate surface area is 88.3 Å². The molecule has 0 saturated heterocycles. The van der Waals surface area contributed by atoms with E-state index in [2.05, 4.69) is 10.1 Å². The van der Waals surface area contributed by atoms with Crippen molar-refractivity contribution in [2.24, 2.45) is 0 Å². The number of nitrogens with two attached hydrogens (primary N) is 1. The molecule has 78 valence electrons. The van der Waals surface area contributed by atoms with Crippen molar-refractivity contribution in [3.05, 3.63) is 27.4 Å². The Kier molecular flexibility index (Phi) is 2.12. The Hall–Kier alpha value is -1.96. The predicted octanol–water partition coefficient (Wildman–Crippen LogP) is 1.13. The lowest BCUT2D eigenvalue weighted by Gasteiger charge is -1.95. The first kappa shape index (κ1) is 9.59. The minimum atomic E-state index is -0.540. The van der Waals surface area contributed by atoms with Gasteiger partial charge >= 0.3 is 5.69 Å². The van der Waals surface area contributed by atoms with Crippen LogP contribution in [-0.4, -0.2) is 19.7 Å². The summed E-state index contributed by atoms with van der Waals surface area (Å²) in [6.07, 6.45) is 1.59. The van der Waals surface area contributed by atoms with Gasteiger partial charge in [0.05, 0.1) is 4.92 Å². The van der Waals surface area contributed by atoms with Crippen molar-refractivity contribution in [3.8, 4) is 5.13 Å². The van der Waals surface area contributed by atoms with Gasteiger partial charge in [0.25, 0.3) is 0 Å². The molecule has 0 spiro atoms. The molecule has 0 aliphatic rings. The molecule has 0 saturated carbocycles. The highest BCUT2D eigenvalue weighted by Gasteiger charge is 2.24. The van der Waals surface area contributed by atoms with Crippen LogP contribution in [0.1, 0.15) is 5.69 Å². The summed E-state index contributed by atoms with van der Waals surface area (Å²) in [6, 6.07) is 0. The van der Waals surface area contributed by atoms with Gasteiger partial charge in [-0.2, -0.15) is 9.78 Å². The van der Waals surface area contributed by atoms with Crippen molar-refractivity contribution in [1.29, 1.82) is 0 Å². The molecule has 0 amide bonds. The molecule has 0 unspecified atom stereocenters. The summed E-state index contributed by atoms with van der Waals surface area (Å²) in [5.74, 6) is 0.00690. The van der Waals surface area contributed by atoms with Crippen molar-refractivity contribution in [2.45, 2.75) is 6.92 Å². The van der Waals surface area contributed by atoms with Crippen molar-refractivity contribution in [2.75, 3.05) is 5.73 Å². The molecule has 2 heterocycles. The van der Waals surface area contributed by atoms with Crippen molar-refractivity contribution < 1.29 is 4.92 Å². The summed E-state index contributed by atoms with van der Waals surface area (Å²) in [4.78, 5) is 14.1. The number of aryl methyl sites for hydroxylation is 1. The van der Waals surface area contributed by atoms with E-state index in [9.17, 15) is 10.1 Å². The fourth-order valence-electron chi connectivity index (χ4n) is 1.23. The first-order valence-electron chi connectivity index (χ1n) is 4.00. The van der Waals surface area contributed by atoms with Gasteiger partial charge in [0.2, 0.25) is 10.9 Å². The summed E-state index contributed by atoms with van der Waals surface area (Å²) in [6.45, 7) is 1.54. The third-order valence-corrected chi connectivity index (χ3v) is 2.59. The molecule has 2 N–H and O–H groups in total. The largest absolute Gasteiger partial charge is 0.378 e. The zero-order valence-electron chi connectivity index (χ0n) is 7.75. The van der Waals surface area contributed by atoms with Gasteiger partial charge in [0.1, 0.15) is 5.69 Å². The highest BCUT2D eigenvalue weighted by molar-refractivity contribution is 7.12. The topological polar surface area (TPSA) is 99.9 Å². The molecule has 2 aromatic rings. The minimum Gasteiger partial charge on any atom is -0.378 e. The maximum Gasteiger partial charge on any atom is 0.333 e. The zero-order valence-corrected chi connectivity index (χ0v) is 8.56. The molecule has 0 radical (unpaired) electrons. The van der Waals surface area contributed by atoms with Gasteiger partial charge in [-0.05, 0) is 6.92 Å². The maximum atomic E-state index is 10.7. The normalized spacial score (nSPS) is 10.5. The van der Waals surface area contributed by atoms with Crippen LogP contribution in [0.4, 0.5) is 11.5 Å². The standard InChI is InChI=1S/C7H7N5O2S/c1-4-5(12(13)14)6(8)11(10-4)7-9-2-3-15-7/h2-3H,8H2,1H3. The second-order valence-corrected chi connectivity index (χ2v) is 3.68. The van der Waals surface area contributed by atoms with Crippen LogP contribution in [0.2, 0.25) is 0 Å². The van der Waals surface area contributed by atoms with Gasteiger partial charge in [0.15, 0.2) is 0 Å². The summed E-state index contributed by atoms with van der Waals surface area (Å²) < 4.78 is 1.28. The Bertz CT molecular complexity index is 504. The first-order chi connectivity index (χ1) is 7.11. The van der Waals surface area contributed by atoms with E-state index in [-0.39, 0.29) is 17.2 Å². The highest BCUT2D eigenvalue weighted by Crippen LogP contribution is 2.28. The molecule has 0 bridgehead atoms. The number of nitro groups is 1. The molecular weight excluding hydrogens is 218 g/mol. The van der Waals surface area contributed by atoms with E-state index in [0.29, 0.717) is 5.13 Å². The van der Waals surface area contributed by atoms with Crippen LogP contribution < -0.4 is 5.73 Å². The second-order valence-electron chi connectivity index (χ2n) is 2.80. The Morgan fingerprint density at radius 3 is 2.87 bits per heavy atom. The molecule has 2 rings (SSSR count). The summed E-state index contributed by atoms with van der Waals surface area (Å²) in [5, 5.41) is 16.9. The number of hydrogen-bond donors (Lipinski definition) is 1. The third-order valence-electron chi connectivity index (χ3n) is 1.85. The fourth-order valence-corrected chi connectivity index (χ4v) is 1.83. The number of aromatic nitrogens is 3. The smallest absolute Gasteiger partial charge is 0.333 e. The number of nitrogen functional groups attached to an aromatic ring is 1. The SMILES string of the molecule is Cc1nn(-c2nccs2)c(N)c1[N+](=O)[O-].